The highest BCUT2D eigenvalue weighted by Crippen LogP contribution is 2.22. The summed E-state index contributed by atoms with van der Waals surface area (Å²) in [5, 5.41) is 0.729. The Morgan fingerprint density at radius 2 is 2.12 bits per heavy atom. The predicted molar refractivity (Wildman–Crippen MR) is 62.0 cm³/mol. The molecule has 0 saturated carbocycles. The maximum atomic E-state index is 5.86. The molecule has 88 valence electrons. The summed E-state index contributed by atoms with van der Waals surface area (Å²) in [5.41, 5.74) is 1.04. The molecule has 0 unspecified atom stereocenters. The van der Waals surface area contributed by atoms with Gasteiger partial charge in [0.25, 0.3) is 0 Å². The van der Waals surface area contributed by atoms with E-state index in [1.54, 1.807) is 0 Å². The monoisotopic (exact) mass is 242 g/mol. The Morgan fingerprint density at radius 3 is 2.81 bits per heavy atom. The SMILES string of the molecule is Cc1cc(Cl)ccc1OCCC1OCCO1. The van der Waals surface area contributed by atoms with Gasteiger partial charge in [0.1, 0.15) is 5.75 Å². The van der Waals surface area contributed by atoms with E-state index in [1.165, 1.54) is 0 Å². The zero-order valence-corrected chi connectivity index (χ0v) is 10.00. The molecule has 1 aliphatic heterocycles. The van der Waals surface area contributed by atoms with E-state index in [0.717, 1.165) is 22.8 Å². The van der Waals surface area contributed by atoms with Gasteiger partial charge in [0.15, 0.2) is 6.29 Å². The Labute approximate surface area is 100 Å². The van der Waals surface area contributed by atoms with Crippen molar-refractivity contribution in [3.05, 3.63) is 28.8 Å². The third-order valence-corrected chi connectivity index (χ3v) is 2.67. The fourth-order valence-corrected chi connectivity index (χ4v) is 1.84. The predicted octanol–water partition coefficient (Wildman–Crippen LogP) is 2.79. The van der Waals surface area contributed by atoms with E-state index in [1.807, 2.05) is 25.1 Å². The summed E-state index contributed by atoms with van der Waals surface area (Å²) >= 11 is 5.86. The molecule has 1 aliphatic rings. The number of hydrogen-bond donors (Lipinski definition) is 0. The number of rotatable bonds is 4. The number of ether oxygens (including phenoxy) is 3. The van der Waals surface area contributed by atoms with Crippen molar-refractivity contribution in [3.63, 3.8) is 0 Å². The second-order valence-electron chi connectivity index (χ2n) is 3.72. The number of halogens is 1. The maximum absolute atomic E-state index is 5.86. The van der Waals surface area contributed by atoms with Gasteiger partial charge in [-0.05, 0) is 30.7 Å². The standard InChI is InChI=1S/C12H15ClO3/c1-9-8-10(13)2-3-11(9)14-5-4-12-15-6-7-16-12/h2-3,8,12H,4-7H2,1H3. The molecule has 1 aromatic rings. The molecule has 0 amide bonds. The van der Waals surface area contributed by atoms with Gasteiger partial charge in [-0.2, -0.15) is 0 Å². The van der Waals surface area contributed by atoms with Gasteiger partial charge in [-0.3, -0.25) is 0 Å². The minimum atomic E-state index is -0.104. The zero-order valence-electron chi connectivity index (χ0n) is 9.24. The van der Waals surface area contributed by atoms with Crippen LogP contribution >= 0.6 is 11.6 Å². The van der Waals surface area contributed by atoms with E-state index in [2.05, 4.69) is 0 Å². The normalized spacial score (nSPS) is 16.6. The molecule has 1 fully saturated rings. The summed E-state index contributed by atoms with van der Waals surface area (Å²) in [6.07, 6.45) is 0.648. The minimum absolute atomic E-state index is 0.104. The van der Waals surface area contributed by atoms with Crippen LogP contribution in [0, 0.1) is 6.92 Å². The summed E-state index contributed by atoms with van der Waals surface area (Å²) in [6, 6.07) is 5.60. The highest BCUT2D eigenvalue weighted by Gasteiger charge is 2.15. The van der Waals surface area contributed by atoms with Crippen LogP contribution in [0.5, 0.6) is 5.75 Å². The van der Waals surface area contributed by atoms with E-state index < -0.39 is 0 Å². The summed E-state index contributed by atoms with van der Waals surface area (Å²) in [6.45, 7) is 3.94. The van der Waals surface area contributed by atoms with E-state index in [0.29, 0.717) is 19.8 Å². The molecular weight excluding hydrogens is 228 g/mol. The van der Waals surface area contributed by atoms with Crippen LogP contribution < -0.4 is 4.74 Å². The van der Waals surface area contributed by atoms with Gasteiger partial charge < -0.3 is 14.2 Å². The average Bonchev–Trinajstić information content (AvgIpc) is 2.74. The van der Waals surface area contributed by atoms with Crippen molar-refractivity contribution in [2.45, 2.75) is 19.6 Å². The lowest BCUT2D eigenvalue weighted by atomic mass is 10.2. The van der Waals surface area contributed by atoms with Crippen LogP contribution in [0.25, 0.3) is 0 Å². The van der Waals surface area contributed by atoms with Gasteiger partial charge in [-0.15, -0.1) is 0 Å². The molecule has 1 saturated heterocycles. The first-order valence-electron chi connectivity index (χ1n) is 5.38. The van der Waals surface area contributed by atoms with E-state index in [4.69, 9.17) is 25.8 Å². The molecular formula is C12H15ClO3. The second-order valence-corrected chi connectivity index (χ2v) is 4.15. The maximum Gasteiger partial charge on any atom is 0.161 e. The van der Waals surface area contributed by atoms with Crippen molar-refractivity contribution in [2.75, 3.05) is 19.8 Å². The van der Waals surface area contributed by atoms with E-state index in [9.17, 15) is 0 Å². The summed E-state index contributed by atoms with van der Waals surface area (Å²) < 4.78 is 16.3. The van der Waals surface area contributed by atoms with Crippen LogP contribution in [0.1, 0.15) is 12.0 Å². The molecule has 3 nitrogen and oxygen atoms in total. The van der Waals surface area contributed by atoms with Gasteiger partial charge in [0.2, 0.25) is 0 Å². The molecule has 1 aromatic carbocycles. The van der Waals surface area contributed by atoms with Crippen molar-refractivity contribution in [1.29, 1.82) is 0 Å². The van der Waals surface area contributed by atoms with Crippen LogP contribution in [-0.2, 0) is 9.47 Å². The Bertz CT molecular complexity index is 348. The Kier molecular flexibility index (Phi) is 4.04. The summed E-state index contributed by atoms with van der Waals surface area (Å²) in [5.74, 6) is 0.863. The third-order valence-electron chi connectivity index (χ3n) is 2.44. The topological polar surface area (TPSA) is 27.7 Å². The zero-order chi connectivity index (χ0) is 11.4. The van der Waals surface area contributed by atoms with E-state index in [-0.39, 0.29) is 6.29 Å². The van der Waals surface area contributed by atoms with Gasteiger partial charge in [-0.1, -0.05) is 11.6 Å². The molecule has 0 atom stereocenters. The van der Waals surface area contributed by atoms with Crippen molar-refractivity contribution in [1.82, 2.24) is 0 Å². The lowest BCUT2D eigenvalue weighted by Gasteiger charge is -2.12. The Morgan fingerprint density at radius 1 is 1.38 bits per heavy atom. The van der Waals surface area contributed by atoms with Crippen molar-refractivity contribution < 1.29 is 14.2 Å². The largest absolute Gasteiger partial charge is 0.493 e. The van der Waals surface area contributed by atoms with Gasteiger partial charge >= 0.3 is 0 Å². The highest BCUT2D eigenvalue weighted by atomic mass is 35.5. The molecule has 0 aromatic heterocycles. The van der Waals surface area contributed by atoms with Crippen molar-refractivity contribution >= 4 is 11.6 Å². The molecule has 4 heteroatoms. The summed E-state index contributed by atoms with van der Waals surface area (Å²) in [4.78, 5) is 0. The Balaban J connectivity index is 1.80. The molecule has 0 radical (unpaired) electrons. The van der Waals surface area contributed by atoms with Crippen LogP contribution in [0.2, 0.25) is 5.02 Å². The fraction of sp³-hybridized carbons (Fsp3) is 0.500. The lowest BCUT2D eigenvalue weighted by molar-refractivity contribution is -0.0531. The number of hydrogen-bond acceptors (Lipinski definition) is 3. The average molecular weight is 243 g/mol. The van der Waals surface area contributed by atoms with Crippen LogP contribution in [0.15, 0.2) is 18.2 Å². The summed E-state index contributed by atoms with van der Waals surface area (Å²) in [7, 11) is 0. The molecule has 0 aliphatic carbocycles. The van der Waals surface area contributed by atoms with Crippen molar-refractivity contribution in [3.8, 4) is 5.75 Å². The second kappa shape index (κ2) is 5.53. The first kappa shape index (κ1) is 11.7. The minimum Gasteiger partial charge on any atom is -0.493 e. The number of benzene rings is 1. The van der Waals surface area contributed by atoms with Crippen molar-refractivity contribution in [2.24, 2.45) is 0 Å². The van der Waals surface area contributed by atoms with Crippen LogP contribution in [-0.4, -0.2) is 26.1 Å². The quantitative estimate of drug-likeness (QED) is 0.813. The molecule has 16 heavy (non-hydrogen) atoms. The van der Waals surface area contributed by atoms with E-state index >= 15 is 0 Å². The fourth-order valence-electron chi connectivity index (χ4n) is 1.61. The van der Waals surface area contributed by atoms with Gasteiger partial charge in [-0.25, -0.2) is 0 Å². The first-order chi connectivity index (χ1) is 7.75. The molecule has 0 bridgehead atoms. The third kappa shape index (κ3) is 3.11. The molecule has 0 N–H and O–H groups in total. The molecule has 2 rings (SSSR count). The Hall–Kier alpha value is -0.770. The van der Waals surface area contributed by atoms with Crippen LogP contribution in [0.4, 0.5) is 0 Å². The molecule has 1 heterocycles. The van der Waals surface area contributed by atoms with Gasteiger partial charge in [0.05, 0.1) is 19.8 Å². The molecule has 0 spiro atoms. The first-order valence-corrected chi connectivity index (χ1v) is 5.75. The number of aryl methyl sites for hydroxylation is 1. The van der Waals surface area contributed by atoms with Crippen LogP contribution in [0.3, 0.4) is 0 Å². The van der Waals surface area contributed by atoms with Gasteiger partial charge in [0, 0.05) is 11.4 Å². The smallest absolute Gasteiger partial charge is 0.161 e. The lowest BCUT2D eigenvalue weighted by Crippen LogP contribution is -2.12. The highest BCUT2D eigenvalue weighted by molar-refractivity contribution is 6.30.